The highest BCUT2D eigenvalue weighted by atomic mass is 35.5. The number of aliphatic hydroxyl groups is 1. The monoisotopic (exact) mass is 444 g/mol. The summed E-state index contributed by atoms with van der Waals surface area (Å²) in [6.45, 7) is 2.18. The molecular formula is C18H20Cl2F2N6O. The first-order valence-electron chi connectivity index (χ1n) is 8.79. The molecule has 0 aliphatic carbocycles. The van der Waals surface area contributed by atoms with Crippen molar-refractivity contribution in [2.45, 2.75) is 25.4 Å². The lowest BCUT2D eigenvalue weighted by Crippen LogP contribution is -2.29. The molecular weight excluding hydrogens is 425 g/mol. The molecule has 0 saturated carbocycles. The molecule has 0 amide bonds. The van der Waals surface area contributed by atoms with E-state index in [9.17, 15) is 13.9 Å². The molecule has 1 saturated heterocycles. The molecule has 1 aromatic heterocycles. The fraction of sp³-hybridized carbons (Fsp3) is 0.389. The number of halogens is 4. The van der Waals surface area contributed by atoms with Gasteiger partial charge in [0.15, 0.2) is 0 Å². The second-order valence-corrected chi connectivity index (χ2v) is 7.72. The third-order valence-electron chi connectivity index (χ3n) is 4.44. The van der Waals surface area contributed by atoms with Crippen LogP contribution in [-0.4, -0.2) is 51.9 Å². The number of nitrogens with zero attached hydrogens (tertiary/aromatic N) is 4. The Morgan fingerprint density at radius 1 is 1.52 bits per heavy atom. The maximum Gasteiger partial charge on any atom is 0.257 e. The zero-order valence-electron chi connectivity index (χ0n) is 15.5. The van der Waals surface area contributed by atoms with Crippen molar-refractivity contribution in [3.63, 3.8) is 0 Å². The molecule has 7 nitrogen and oxygen atoms in total. The Morgan fingerprint density at radius 2 is 2.28 bits per heavy atom. The van der Waals surface area contributed by atoms with Crippen molar-refractivity contribution in [1.29, 1.82) is 0 Å². The maximum atomic E-state index is 12.3. The van der Waals surface area contributed by atoms with E-state index in [1.807, 2.05) is 11.0 Å². The fourth-order valence-corrected chi connectivity index (χ4v) is 3.48. The highest BCUT2D eigenvalue weighted by Gasteiger charge is 2.32. The first kappa shape index (κ1) is 21.5. The quantitative estimate of drug-likeness (QED) is 0.590. The number of hydrogen-bond donors (Lipinski definition) is 3. The molecule has 1 unspecified atom stereocenters. The number of β-amino-alcohol motifs (C(OH)–C–C–N with tert-alkyl or cyclic N) is 1. The van der Waals surface area contributed by atoms with Crippen LogP contribution in [0.5, 0.6) is 0 Å². The topological polar surface area (TPSA) is 99.7 Å². The Balaban J connectivity index is 1.87. The summed E-state index contributed by atoms with van der Waals surface area (Å²) in [6.07, 6.45) is 0.691. The molecule has 1 fully saturated rings. The number of nitrogens with one attached hydrogen (secondary N) is 1. The molecule has 0 bridgehead atoms. The predicted octanol–water partition coefficient (Wildman–Crippen LogP) is 3.36. The van der Waals surface area contributed by atoms with Gasteiger partial charge in [0.25, 0.3) is 6.43 Å². The van der Waals surface area contributed by atoms with Crippen molar-refractivity contribution in [2.75, 3.05) is 29.9 Å². The Hall–Kier alpha value is -2.23. The van der Waals surface area contributed by atoms with Gasteiger partial charge in [-0.3, -0.25) is 4.99 Å². The standard InChI is InChI=1S/C18H20Cl2F2N6O/c1-18(29)2-3-28(9-18)14-5-12-10(4-11(14)19)7-25-17(26-12)27-13(6-23)16(20)24-8-15(21)22/h4-7,15,29H,2-3,8-9,23H2,1H3,(H,25,26,27)/b13-6+,24-16?. The maximum absolute atomic E-state index is 12.3. The Bertz CT molecular complexity index is 967. The van der Waals surface area contributed by atoms with E-state index in [0.717, 1.165) is 11.9 Å². The van der Waals surface area contributed by atoms with Crippen LogP contribution in [-0.2, 0) is 0 Å². The number of benzene rings is 1. The van der Waals surface area contributed by atoms with Gasteiger partial charge in [0.05, 0.1) is 27.5 Å². The molecule has 0 spiro atoms. The van der Waals surface area contributed by atoms with E-state index in [0.29, 0.717) is 35.4 Å². The fourth-order valence-electron chi connectivity index (χ4n) is 3.01. The molecule has 2 aromatic rings. The van der Waals surface area contributed by atoms with E-state index in [1.165, 1.54) is 0 Å². The first-order valence-corrected chi connectivity index (χ1v) is 9.55. The van der Waals surface area contributed by atoms with Crippen LogP contribution >= 0.6 is 23.2 Å². The number of aromatic nitrogens is 2. The smallest absolute Gasteiger partial charge is 0.257 e. The van der Waals surface area contributed by atoms with E-state index in [1.54, 1.807) is 19.2 Å². The molecule has 2 heterocycles. The van der Waals surface area contributed by atoms with Crippen molar-refractivity contribution < 1.29 is 13.9 Å². The summed E-state index contributed by atoms with van der Waals surface area (Å²) in [4.78, 5) is 14.2. The number of hydrogen-bond acceptors (Lipinski definition) is 7. The van der Waals surface area contributed by atoms with Crippen LogP contribution in [0.25, 0.3) is 10.9 Å². The second kappa shape index (κ2) is 8.64. The van der Waals surface area contributed by atoms with Gasteiger partial charge >= 0.3 is 0 Å². The molecule has 11 heteroatoms. The van der Waals surface area contributed by atoms with Crippen LogP contribution in [0.15, 0.2) is 35.2 Å². The normalized spacial score (nSPS) is 20.7. The number of nitrogens with two attached hydrogens (primary N) is 1. The number of alkyl halides is 2. The Labute approximate surface area is 176 Å². The van der Waals surface area contributed by atoms with Gasteiger partial charge in [-0.05, 0) is 25.5 Å². The molecule has 3 rings (SSSR count). The van der Waals surface area contributed by atoms with Gasteiger partial charge in [-0.2, -0.15) is 0 Å². The number of anilines is 2. The minimum atomic E-state index is -2.62. The van der Waals surface area contributed by atoms with Crippen LogP contribution < -0.4 is 16.0 Å². The van der Waals surface area contributed by atoms with Crippen molar-refractivity contribution in [3.8, 4) is 0 Å². The summed E-state index contributed by atoms with van der Waals surface area (Å²) in [5.74, 6) is 0.168. The van der Waals surface area contributed by atoms with E-state index in [-0.39, 0.29) is 16.8 Å². The summed E-state index contributed by atoms with van der Waals surface area (Å²) >= 11 is 12.3. The lowest BCUT2D eigenvalue weighted by Gasteiger charge is -2.22. The molecule has 1 aliphatic rings. The summed E-state index contributed by atoms with van der Waals surface area (Å²) < 4.78 is 24.6. The summed E-state index contributed by atoms with van der Waals surface area (Å²) in [6, 6.07) is 3.56. The number of aliphatic imine (C=N–C) groups is 1. The van der Waals surface area contributed by atoms with Gasteiger partial charge in [-0.1, -0.05) is 23.2 Å². The average Bonchev–Trinajstić information content (AvgIpc) is 3.03. The van der Waals surface area contributed by atoms with Gasteiger partial charge in [0.1, 0.15) is 11.7 Å². The highest BCUT2D eigenvalue weighted by molar-refractivity contribution is 6.69. The number of rotatable bonds is 6. The third kappa shape index (κ3) is 5.23. The van der Waals surface area contributed by atoms with Crippen molar-refractivity contribution in [1.82, 2.24) is 9.97 Å². The van der Waals surface area contributed by atoms with Crippen LogP contribution in [0.3, 0.4) is 0 Å². The first-order chi connectivity index (χ1) is 13.7. The molecule has 156 valence electrons. The highest BCUT2D eigenvalue weighted by Crippen LogP contribution is 2.34. The number of allylic oxidation sites excluding steroid dienone is 1. The van der Waals surface area contributed by atoms with Gasteiger partial charge in [0, 0.05) is 30.9 Å². The van der Waals surface area contributed by atoms with Gasteiger partial charge in [0.2, 0.25) is 5.95 Å². The number of fused-ring (bicyclic) bond motifs is 1. The molecule has 0 radical (unpaired) electrons. The van der Waals surface area contributed by atoms with Crippen LogP contribution in [0, 0.1) is 0 Å². The molecule has 29 heavy (non-hydrogen) atoms. The zero-order valence-corrected chi connectivity index (χ0v) is 17.1. The molecule has 1 atom stereocenters. The minimum absolute atomic E-state index is 0.108. The summed E-state index contributed by atoms with van der Waals surface area (Å²) in [5, 5.41) is 14.0. The van der Waals surface area contributed by atoms with Crippen molar-refractivity contribution in [3.05, 3.63) is 35.2 Å². The SMILES string of the molecule is CC1(O)CCN(c2cc3nc(N/C(=C/N)C(Cl)=NCC(F)F)ncc3cc2Cl)C1. The Morgan fingerprint density at radius 3 is 2.90 bits per heavy atom. The van der Waals surface area contributed by atoms with Gasteiger partial charge in [-0.25, -0.2) is 18.7 Å². The van der Waals surface area contributed by atoms with Crippen molar-refractivity contribution in [2.24, 2.45) is 10.7 Å². The van der Waals surface area contributed by atoms with Crippen LogP contribution in [0.4, 0.5) is 20.4 Å². The second-order valence-electron chi connectivity index (χ2n) is 6.95. The van der Waals surface area contributed by atoms with Gasteiger partial charge in [-0.15, -0.1) is 0 Å². The lowest BCUT2D eigenvalue weighted by atomic mass is 10.1. The summed E-state index contributed by atoms with van der Waals surface area (Å²) in [5.41, 5.74) is 6.21. The molecule has 1 aromatic carbocycles. The predicted molar refractivity (Wildman–Crippen MR) is 112 cm³/mol. The third-order valence-corrected chi connectivity index (χ3v) is 5.07. The van der Waals surface area contributed by atoms with E-state index in [4.69, 9.17) is 28.9 Å². The van der Waals surface area contributed by atoms with Crippen molar-refractivity contribution >= 4 is 50.9 Å². The zero-order chi connectivity index (χ0) is 21.2. The van der Waals surface area contributed by atoms with E-state index < -0.39 is 18.6 Å². The molecule has 4 N–H and O–H groups in total. The summed E-state index contributed by atoms with van der Waals surface area (Å²) in [7, 11) is 0. The Kier molecular flexibility index (Phi) is 6.40. The van der Waals surface area contributed by atoms with E-state index in [2.05, 4.69) is 20.3 Å². The molecule has 1 aliphatic heterocycles. The van der Waals surface area contributed by atoms with E-state index >= 15 is 0 Å². The largest absolute Gasteiger partial charge is 0.403 e. The van der Waals surface area contributed by atoms with Crippen LogP contribution in [0.2, 0.25) is 5.02 Å². The average molecular weight is 445 g/mol. The van der Waals surface area contributed by atoms with Crippen LogP contribution in [0.1, 0.15) is 13.3 Å². The lowest BCUT2D eigenvalue weighted by molar-refractivity contribution is 0.0839. The van der Waals surface area contributed by atoms with Gasteiger partial charge < -0.3 is 21.1 Å². The minimum Gasteiger partial charge on any atom is -0.403 e.